The third kappa shape index (κ3) is 1.31. The standard InChI is InChI=1S/C15H16N2O/c18-13-9-17-8-4-3-7-12(17)15-14(13)10-5-1-2-6-11(10)16-15/h1-2,5-6,12,16H,3-4,7-9H2. The normalized spacial score (nSPS) is 24.0. The van der Waals surface area contributed by atoms with E-state index < -0.39 is 0 Å². The number of aromatic nitrogens is 1. The van der Waals surface area contributed by atoms with Crippen LogP contribution in [0.25, 0.3) is 10.9 Å². The molecule has 1 unspecified atom stereocenters. The summed E-state index contributed by atoms with van der Waals surface area (Å²) in [7, 11) is 0. The van der Waals surface area contributed by atoms with Crippen molar-refractivity contribution in [2.24, 2.45) is 0 Å². The van der Waals surface area contributed by atoms with Gasteiger partial charge in [0.15, 0.2) is 5.78 Å². The lowest BCUT2D eigenvalue weighted by Crippen LogP contribution is -2.41. The van der Waals surface area contributed by atoms with Crippen molar-refractivity contribution in [1.82, 2.24) is 9.88 Å². The fourth-order valence-corrected chi connectivity index (χ4v) is 3.48. The number of para-hydroxylation sites is 1. The molecular weight excluding hydrogens is 224 g/mol. The molecule has 1 atom stereocenters. The van der Waals surface area contributed by atoms with E-state index in [0.717, 1.165) is 28.7 Å². The van der Waals surface area contributed by atoms with Crippen molar-refractivity contribution in [1.29, 1.82) is 0 Å². The Hall–Kier alpha value is -1.61. The zero-order valence-corrected chi connectivity index (χ0v) is 10.3. The second kappa shape index (κ2) is 3.69. The van der Waals surface area contributed by atoms with Crippen molar-refractivity contribution in [3.05, 3.63) is 35.5 Å². The van der Waals surface area contributed by atoms with Crippen molar-refractivity contribution in [2.75, 3.05) is 13.1 Å². The van der Waals surface area contributed by atoms with E-state index in [1.165, 1.54) is 19.3 Å². The number of piperidine rings is 1. The number of hydrogen-bond acceptors (Lipinski definition) is 2. The average molecular weight is 240 g/mol. The molecule has 2 aliphatic heterocycles. The maximum atomic E-state index is 12.4. The number of hydrogen-bond donors (Lipinski definition) is 1. The van der Waals surface area contributed by atoms with Crippen LogP contribution in [0.15, 0.2) is 24.3 Å². The summed E-state index contributed by atoms with van der Waals surface area (Å²) < 4.78 is 0. The molecule has 1 aromatic carbocycles. The minimum Gasteiger partial charge on any atom is -0.356 e. The Morgan fingerprint density at radius 2 is 2.11 bits per heavy atom. The van der Waals surface area contributed by atoms with E-state index in [-0.39, 0.29) is 5.78 Å². The number of Topliss-reactive ketones (excluding diaryl/α,β-unsaturated/α-hetero) is 1. The summed E-state index contributed by atoms with van der Waals surface area (Å²) in [6, 6.07) is 8.58. The number of nitrogens with zero attached hydrogens (tertiary/aromatic N) is 1. The molecule has 0 amide bonds. The second-order valence-electron chi connectivity index (χ2n) is 5.36. The predicted molar refractivity (Wildman–Crippen MR) is 70.8 cm³/mol. The number of carbonyl (C=O) groups is 1. The molecule has 0 bridgehead atoms. The highest BCUT2D eigenvalue weighted by Crippen LogP contribution is 2.39. The van der Waals surface area contributed by atoms with Gasteiger partial charge in [-0.1, -0.05) is 24.6 Å². The van der Waals surface area contributed by atoms with Crippen LogP contribution in [0.2, 0.25) is 0 Å². The van der Waals surface area contributed by atoms with E-state index in [1.54, 1.807) is 0 Å². The van der Waals surface area contributed by atoms with E-state index in [4.69, 9.17) is 0 Å². The molecule has 1 N–H and O–H groups in total. The third-order valence-corrected chi connectivity index (χ3v) is 4.31. The van der Waals surface area contributed by atoms with Gasteiger partial charge >= 0.3 is 0 Å². The molecular formula is C15H16N2O. The first kappa shape index (κ1) is 10.3. The molecule has 2 aliphatic rings. The number of aromatic amines is 1. The monoisotopic (exact) mass is 240 g/mol. The Kier molecular flexibility index (Phi) is 2.12. The van der Waals surface area contributed by atoms with Gasteiger partial charge in [0.05, 0.1) is 12.6 Å². The molecule has 3 nitrogen and oxygen atoms in total. The fraction of sp³-hybridized carbons (Fsp3) is 0.400. The molecule has 0 spiro atoms. The summed E-state index contributed by atoms with van der Waals surface area (Å²) >= 11 is 0. The highest BCUT2D eigenvalue weighted by atomic mass is 16.1. The molecule has 0 radical (unpaired) electrons. The van der Waals surface area contributed by atoms with Crippen molar-refractivity contribution in [3.63, 3.8) is 0 Å². The first-order valence-corrected chi connectivity index (χ1v) is 6.72. The first-order valence-electron chi connectivity index (χ1n) is 6.72. The van der Waals surface area contributed by atoms with Crippen molar-refractivity contribution in [2.45, 2.75) is 25.3 Å². The van der Waals surface area contributed by atoms with Gasteiger partial charge in [0.1, 0.15) is 0 Å². The zero-order chi connectivity index (χ0) is 12.1. The van der Waals surface area contributed by atoms with Crippen LogP contribution >= 0.6 is 0 Å². The van der Waals surface area contributed by atoms with Gasteiger partial charge in [0, 0.05) is 22.2 Å². The molecule has 92 valence electrons. The van der Waals surface area contributed by atoms with Gasteiger partial charge in [-0.3, -0.25) is 9.69 Å². The molecule has 4 rings (SSSR count). The number of nitrogens with one attached hydrogen (secondary N) is 1. The van der Waals surface area contributed by atoms with Gasteiger partial charge in [-0.2, -0.15) is 0 Å². The lowest BCUT2D eigenvalue weighted by Gasteiger charge is -2.38. The van der Waals surface area contributed by atoms with E-state index in [9.17, 15) is 4.79 Å². The van der Waals surface area contributed by atoms with E-state index in [0.29, 0.717) is 12.6 Å². The molecule has 0 aliphatic carbocycles. The Labute approximate surface area is 106 Å². The number of H-pyrrole nitrogens is 1. The second-order valence-corrected chi connectivity index (χ2v) is 5.36. The molecule has 1 saturated heterocycles. The summed E-state index contributed by atoms with van der Waals surface area (Å²) in [5.41, 5.74) is 3.21. The number of benzene rings is 1. The van der Waals surface area contributed by atoms with Crippen LogP contribution in [0.5, 0.6) is 0 Å². The van der Waals surface area contributed by atoms with Gasteiger partial charge in [-0.15, -0.1) is 0 Å². The summed E-state index contributed by atoms with van der Waals surface area (Å²) in [5, 5.41) is 1.10. The number of rotatable bonds is 0. The topological polar surface area (TPSA) is 36.1 Å². The SMILES string of the molecule is O=C1CN2CCCCC2c2[nH]c3ccccc3c21. The van der Waals surface area contributed by atoms with Crippen LogP contribution in [0.3, 0.4) is 0 Å². The van der Waals surface area contributed by atoms with Crippen molar-refractivity contribution in [3.8, 4) is 0 Å². The summed E-state index contributed by atoms with van der Waals surface area (Å²) in [5.74, 6) is 0.278. The Morgan fingerprint density at radius 1 is 1.22 bits per heavy atom. The number of ketones is 1. The molecule has 18 heavy (non-hydrogen) atoms. The molecule has 3 heteroatoms. The minimum absolute atomic E-state index is 0.278. The quantitative estimate of drug-likeness (QED) is 0.768. The predicted octanol–water partition coefficient (Wildman–Crippen LogP) is 2.89. The largest absolute Gasteiger partial charge is 0.356 e. The van der Waals surface area contributed by atoms with Gasteiger partial charge in [0.2, 0.25) is 0 Å². The lowest BCUT2D eigenvalue weighted by atomic mass is 9.90. The number of carbonyl (C=O) groups excluding carboxylic acids is 1. The average Bonchev–Trinajstić information content (AvgIpc) is 2.79. The van der Waals surface area contributed by atoms with E-state index in [1.807, 2.05) is 12.1 Å². The maximum absolute atomic E-state index is 12.4. The molecule has 2 aromatic rings. The van der Waals surface area contributed by atoms with Crippen LogP contribution in [-0.4, -0.2) is 28.8 Å². The Balaban J connectivity index is 1.96. The molecule has 3 heterocycles. The highest BCUT2D eigenvalue weighted by molar-refractivity contribution is 6.11. The third-order valence-electron chi connectivity index (χ3n) is 4.31. The van der Waals surface area contributed by atoms with Crippen LogP contribution in [-0.2, 0) is 0 Å². The van der Waals surface area contributed by atoms with Crippen LogP contribution in [0.4, 0.5) is 0 Å². The molecule has 1 aromatic heterocycles. The van der Waals surface area contributed by atoms with Crippen molar-refractivity contribution < 1.29 is 4.79 Å². The zero-order valence-electron chi connectivity index (χ0n) is 10.3. The van der Waals surface area contributed by atoms with E-state index >= 15 is 0 Å². The van der Waals surface area contributed by atoms with E-state index in [2.05, 4.69) is 22.0 Å². The van der Waals surface area contributed by atoms with Gasteiger partial charge in [0.25, 0.3) is 0 Å². The van der Waals surface area contributed by atoms with Crippen LogP contribution in [0, 0.1) is 0 Å². The lowest BCUT2D eigenvalue weighted by molar-refractivity contribution is 0.0786. The van der Waals surface area contributed by atoms with Gasteiger partial charge in [-0.25, -0.2) is 0 Å². The molecule has 1 fully saturated rings. The summed E-state index contributed by atoms with van der Waals surface area (Å²) in [4.78, 5) is 18.2. The minimum atomic E-state index is 0.278. The summed E-state index contributed by atoms with van der Waals surface area (Å²) in [6.07, 6.45) is 3.66. The Morgan fingerprint density at radius 3 is 3.06 bits per heavy atom. The van der Waals surface area contributed by atoms with Gasteiger partial charge in [-0.05, 0) is 25.5 Å². The van der Waals surface area contributed by atoms with Crippen molar-refractivity contribution >= 4 is 16.7 Å². The highest BCUT2D eigenvalue weighted by Gasteiger charge is 2.35. The summed E-state index contributed by atoms with van der Waals surface area (Å²) in [6.45, 7) is 1.66. The fourth-order valence-electron chi connectivity index (χ4n) is 3.48. The van der Waals surface area contributed by atoms with Crippen LogP contribution in [0.1, 0.15) is 41.4 Å². The van der Waals surface area contributed by atoms with Gasteiger partial charge < -0.3 is 4.98 Å². The first-order chi connectivity index (χ1) is 8.84. The van der Waals surface area contributed by atoms with Crippen LogP contribution < -0.4 is 0 Å². The maximum Gasteiger partial charge on any atom is 0.179 e. The molecule has 0 saturated carbocycles. The Bertz CT molecular complexity index is 628. The number of fused-ring (bicyclic) bond motifs is 5. The smallest absolute Gasteiger partial charge is 0.179 e.